The summed E-state index contributed by atoms with van der Waals surface area (Å²) in [5, 5.41) is 3.91. The van der Waals surface area contributed by atoms with Gasteiger partial charge in [-0.3, -0.25) is 4.79 Å². The number of aryl methyl sites for hydroxylation is 2. The minimum atomic E-state index is -0.0218. The lowest BCUT2D eigenvalue weighted by molar-refractivity contribution is -0.117. The monoisotopic (exact) mass is 388 g/mol. The van der Waals surface area contributed by atoms with Crippen molar-refractivity contribution in [2.45, 2.75) is 51.0 Å². The fourth-order valence-electron chi connectivity index (χ4n) is 5.38. The van der Waals surface area contributed by atoms with Crippen LogP contribution in [0.25, 0.3) is 11.0 Å². The van der Waals surface area contributed by atoms with Gasteiger partial charge in [-0.1, -0.05) is 25.3 Å². The molecular weight excluding hydrogens is 360 g/mol. The Morgan fingerprint density at radius 1 is 1.21 bits per heavy atom. The van der Waals surface area contributed by atoms with Crippen LogP contribution in [0.5, 0.6) is 0 Å². The lowest BCUT2D eigenvalue weighted by Gasteiger charge is -2.39. The van der Waals surface area contributed by atoms with E-state index in [0.29, 0.717) is 6.42 Å². The number of rotatable bonds is 3. The first-order chi connectivity index (χ1) is 14.0. The Labute approximate surface area is 171 Å². The Balaban J connectivity index is 1.66. The minimum Gasteiger partial charge on any atom is -0.377 e. The van der Waals surface area contributed by atoms with E-state index in [2.05, 4.69) is 29.1 Å². The average molecular weight is 389 g/mol. The molecule has 0 radical (unpaired) electrons. The van der Waals surface area contributed by atoms with Gasteiger partial charge in [0.25, 0.3) is 0 Å². The number of fused-ring (bicyclic) bond motifs is 3. The third kappa shape index (κ3) is 2.60. The van der Waals surface area contributed by atoms with Crippen LogP contribution < -0.4 is 10.2 Å². The first kappa shape index (κ1) is 18.2. The molecule has 5 nitrogen and oxygen atoms in total. The molecule has 0 bridgehead atoms. The van der Waals surface area contributed by atoms with Crippen molar-refractivity contribution in [3.8, 4) is 0 Å². The second-order valence-electron chi connectivity index (χ2n) is 8.70. The summed E-state index contributed by atoms with van der Waals surface area (Å²) in [4.78, 5) is 19.4. The zero-order chi connectivity index (χ0) is 20.3. The van der Waals surface area contributed by atoms with E-state index in [4.69, 9.17) is 4.98 Å². The van der Waals surface area contributed by atoms with Crippen LogP contribution in [0, 0.1) is 6.92 Å². The second kappa shape index (κ2) is 6.34. The maximum atomic E-state index is 12.6. The molecule has 0 unspecified atom stereocenters. The van der Waals surface area contributed by atoms with Crippen molar-refractivity contribution >= 4 is 28.3 Å². The number of allylic oxidation sites excluding steroid dienone is 2. The number of anilines is 2. The maximum absolute atomic E-state index is 12.6. The lowest BCUT2D eigenvalue weighted by Crippen LogP contribution is -2.40. The van der Waals surface area contributed by atoms with Gasteiger partial charge >= 0.3 is 0 Å². The number of carbonyl (C=O) groups excluding carboxylic acids is 1. The molecule has 1 aromatic carbocycles. The van der Waals surface area contributed by atoms with E-state index < -0.39 is 0 Å². The molecule has 2 aliphatic heterocycles. The Kier molecular flexibility index (Phi) is 3.99. The molecule has 3 aliphatic rings. The van der Waals surface area contributed by atoms with Gasteiger partial charge < -0.3 is 14.8 Å². The third-order valence-electron chi connectivity index (χ3n) is 7.06. The number of hydrogen-bond acceptors (Lipinski definition) is 3. The fraction of sp³-hybridized carbons (Fsp3) is 0.417. The molecule has 29 heavy (non-hydrogen) atoms. The van der Waals surface area contributed by atoms with Crippen molar-refractivity contribution < 1.29 is 4.79 Å². The van der Waals surface area contributed by atoms with Gasteiger partial charge in [-0.05, 0) is 56.2 Å². The van der Waals surface area contributed by atoms with Crippen LogP contribution in [0.2, 0.25) is 0 Å². The van der Waals surface area contributed by atoms with Gasteiger partial charge in [-0.15, -0.1) is 0 Å². The highest BCUT2D eigenvalue weighted by Gasteiger charge is 2.42. The van der Waals surface area contributed by atoms with E-state index >= 15 is 0 Å². The highest BCUT2D eigenvalue weighted by Crippen LogP contribution is 2.49. The SMILES string of the molecule is C=CC1=C(C=C)CC2(CCc3c(N4CCCC4=O)cc4c(nc(C)n4C)c3N2)C1. The van der Waals surface area contributed by atoms with Gasteiger partial charge in [0.05, 0.1) is 16.9 Å². The topological polar surface area (TPSA) is 50.2 Å². The molecule has 5 rings (SSSR count). The smallest absolute Gasteiger partial charge is 0.227 e. The van der Waals surface area contributed by atoms with Crippen LogP contribution in [0.1, 0.15) is 43.5 Å². The molecule has 3 heterocycles. The van der Waals surface area contributed by atoms with Crippen molar-refractivity contribution in [1.82, 2.24) is 9.55 Å². The summed E-state index contributed by atoms with van der Waals surface area (Å²) in [6.07, 6.45) is 9.41. The summed E-state index contributed by atoms with van der Waals surface area (Å²) >= 11 is 0. The van der Waals surface area contributed by atoms with E-state index in [1.165, 1.54) is 16.7 Å². The number of nitrogens with zero attached hydrogens (tertiary/aromatic N) is 3. The molecule has 1 aromatic heterocycles. The predicted octanol–water partition coefficient (Wildman–Crippen LogP) is 4.57. The molecule has 150 valence electrons. The lowest BCUT2D eigenvalue weighted by atomic mass is 9.82. The predicted molar refractivity (Wildman–Crippen MR) is 118 cm³/mol. The molecule has 5 heteroatoms. The summed E-state index contributed by atoms with van der Waals surface area (Å²) in [6.45, 7) is 10.9. The van der Waals surface area contributed by atoms with E-state index in [-0.39, 0.29) is 11.4 Å². The molecule has 1 saturated heterocycles. The molecule has 2 aromatic rings. The Morgan fingerprint density at radius 3 is 2.55 bits per heavy atom. The molecular formula is C24H28N4O. The van der Waals surface area contributed by atoms with Crippen LogP contribution in [0.15, 0.2) is 42.5 Å². The van der Waals surface area contributed by atoms with Crippen LogP contribution in [-0.4, -0.2) is 27.5 Å². The van der Waals surface area contributed by atoms with Gasteiger partial charge in [0.15, 0.2) is 0 Å². The molecule has 1 aliphatic carbocycles. The van der Waals surface area contributed by atoms with Crippen LogP contribution >= 0.6 is 0 Å². The molecule has 0 saturated carbocycles. The number of amides is 1. The Morgan fingerprint density at radius 2 is 1.93 bits per heavy atom. The van der Waals surface area contributed by atoms with Gasteiger partial charge in [0.2, 0.25) is 5.91 Å². The van der Waals surface area contributed by atoms with Crippen molar-refractivity contribution in [1.29, 1.82) is 0 Å². The molecule has 1 N–H and O–H groups in total. The summed E-state index contributed by atoms with van der Waals surface area (Å²) in [7, 11) is 2.05. The first-order valence-corrected chi connectivity index (χ1v) is 10.5. The zero-order valence-corrected chi connectivity index (χ0v) is 17.3. The average Bonchev–Trinajstić information content (AvgIpc) is 3.38. The molecule has 1 amide bonds. The largest absolute Gasteiger partial charge is 0.377 e. The highest BCUT2D eigenvalue weighted by atomic mass is 16.2. The van der Waals surface area contributed by atoms with Crippen LogP contribution in [0.4, 0.5) is 11.4 Å². The summed E-state index contributed by atoms with van der Waals surface area (Å²) in [5.41, 5.74) is 8.07. The maximum Gasteiger partial charge on any atom is 0.227 e. The van der Waals surface area contributed by atoms with E-state index in [1.807, 2.05) is 31.0 Å². The number of carbonyl (C=O) groups is 1. The highest BCUT2D eigenvalue weighted by molar-refractivity contribution is 6.03. The van der Waals surface area contributed by atoms with Gasteiger partial charge in [0.1, 0.15) is 11.3 Å². The van der Waals surface area contributed by atoms with Gasteiger partial charge in [-0.25, -0.2) is 4.98 Å². The quantitative estimate of drug-likeness (QED) is 0.838. The van der Waals surface area contributed by atoms with E-state index in [1.54, 1.807) is 0 Å². The second-order valence-corrected chi connectivity index (χ2v) is 8.70. The molecule has 0 atom stereocenters. The molecule has 1 fully saturated rings. The number of hydrogen-bond donors (Lipinski definition) is 1. The van der Waals surface area contributed by atoms with Gasteiger partial charge in [0, 0.05) is 31.1 Å². The summed E-state index contributed by atoms with van der Waals surface area (Å²) in [5.74, 6) is 1.22. The standard InChI is InChI=1S/C24H28N4O/c1-5-16-13-24(14-17(16)6-2)10-9-18-19(28-11-7-8-21(28)29)12-20-23(22(18)26-24)25-15(3)27(20)4/h5-6,12,26H,1-2,7-11,13-14H2,3-4H3. The van der Waals surface area contributed by atoms with E-state index in [0.717, 1.165) is 66.9 Å². The number of imidazole rings is 1. The van der Waals surface area contributed by atoms with Crippen LogP contribution in [-0.2, 0) is 18.3 Å². The Bertz CT molecular complexity index is 1080. The zero-order valence-electron chi connectivity index (χ0n) is 17.3. The van der Waals surface area contributed by atoms with Crippen molar-refractivity contribution in [2.24, 2.45) is 7.05 Å². The van der Waals surface area contributed by atoms with Crippen molar-refractivity contribution in [2.75, 3.05) is 16.8 Å². The minimum absolute atomic E-state index is 0.0218. The number of nitrogens with one attached hydrogen (secondary N) is 1. The Hall–Kier alpha value is -2.82. The normalized spacial score (nSPS) is 20.5. The number of aromatic nitrogens is 2. The fourth-order valence-corrected chi connectivity index (χ4v) is 5.38. The summed E-state index contributed by atoms with van der Waals surface area (Å²) < 4.78 is 2.12. The van der Waals surface area contributed by atoms with Crippen molar-refractivity contribution in [3.63, 3.8) is 0 Å². The van der Waals surface area contributed by atoms with E-state index in [9.17, 15) is 4.79 Å². The van der Waals surface area contributed by atoms with Crippen LogP contribution in [0.3, 0.4) is 0 Å². The third-order valence-corrected chi connectivity index (χ3v) is 7.06. The first-order valence-electron chi connectivity index (χ1n) is 10.5. The number of benzene rings is 1. The van der Waals surface area contributed by atoms with Crippen molar-refractivity contribution in [3.05, 3.63) is 53.9 Å². The summed E-state index contributed by atoms with van der Waals surface area (Å²) in [6, 6.07) is 2.17. The molecule has 1 spiro atoms. The van der Waals surface area contributed by atoms with Gasteiger partial charge in [-0.2, -0.15) is 0 Å².